The summed E-state index contributed by atoms with van der Waals surface area (Å²) in [5, 5.41) is 0. The minimum absolute atomic E-state index is 0.309. The number of aryl methyl sites for hydroxylation is 2. The van der Waals surface area contributed by atoms with Crippen molar-refractivity contribution in [3.8, 4) is 0 Å². The standard InChI is InChI=1S/C16H22BrClN2O/c1-12(2)21-10-4-3-9-20-15-6-5-13(17)11-14(15)19-16(20)7-8-18/h5-6,11-12H,3-4,7-10H2,1-2H3. The third kappa shape index (κ3) is 4.70. The van der Waals surface area contributed by atoms with Crippen LogP contribution in [-0.4, -0.2) is 28.1 Å². The Balaban J connectivity index is 2.07. The number of unbranched alkanes of at least 4 members (excludes halogenated alkanes) is 1. The molecule has 2 rings (SSSR count). The predicted molar refractivity (Wildman–Crippen MR) is 92.2 cm³/mol. The number of hydrogen-bond donors (Lipinski definition) is 0. The minimum atomic E-state index is 0.309. The van der Waals surface area contributed by atoms with Gasteiger partial charge in [0.05, 0.1) is 17.1 Å². The van der Waals surface area contributed by atoms with Gasteiger partial charge in [-0.1, -0.05) is 15.9 Å². The molecule has 0 radical (unpaired) electrons. The Morgan fingerprint density at radius 3 is 2.86 bits per heavy atom. The number of aromatic nitrogens is 2. The van der Waals surface area contributed by atoms with E-state index in [1.165, 1.54) is 5.52 Å². The van der Waals surface area contributed by atoms with Gasteiger partial charge in [0, 0.05) is 29.9 Å². The largest absolute Gasteiger partial charge is 0.379 e. The smallest absolute Gasteiger partial charge is 0.111 e. The monoisotopic (exact) mass is 372 g/mol. The number of rotatable bonds is 8. The van der Waals surface area contributed by atoms with E-state index < -0.39 is 0 Å². The quantitative estimate of drug-likeness (QED) is 0.491. The summed E-state index contributed by atoms with van der Waals surface area (Å²) in [5.74, 6) is 1.67. The van der Waals surface area contributed by atoms with E-state index in [-0.39, 0.29) is 0 Å². The van der Waals surface area contributed by atoms with Crippen molar-refractivity contribution in [3.63, 3.8) is 0 Å². The van der Waals surface area contributed by atoms with Crippen LogP contribution < -0.4 is 0 Å². The van der Waals surface area contributed by atoms with Crippen molar-refractivity contribution in [1.29, 1.82) is 0 Å². The summed E-state index contributed by atoms with van der Waals surface area (Å²) < 4.78 is 8.94. The second-order valence-electron chi connectivity index (χ2n) is 5.38. The van der Waals surface area contributed by atoms with Gasteiger partial charge in [-0.3, -0.25) is 0 Å². The van der Waals surface area contributed by atoms with Gasteiger partial charge in [0.1, 0.15) is 5.82 Å². The Morgan fingerprint density at radius 2 is 2.14 bits per heavy atom. The van der Waals surface area contributed by atoms with E-state index in [9.17, 15) is 0 Å². The van der Waals surface area contributed by atoms with Gasteiger partial charge >= 0.3 is 0 Å². The van der Waals surface area contributed by atoms with Gasteiger partial charge in [-0.25, -0.2) is 4.98 Å². The fourth-order valence-corrected chi connectivity index (χ4v) is 2.89. The first-order chi connectivity index (χ1) is 10.1. The molecule has 3 nitrogen and oxygen atoms in total. The molecule has 0 amide bonds. The minimum Gasteiger partial charge on any atom is -0.379 e. The number of alkyl halides is 1. The number of halogens is 2. The van der Waals surface area contributed by atoms with E-state index in [0.717, 1.165) is 48.2 Å². The van der Waals surface area contributed by atoms with E-state index in [1.54, 1.807) is 0 Å². The van der Waals surface area contributed by atoms with Crippen molar-refractivity contribution in [2.75, 3.05) is 12.5 Å². The van der Waals surface area contributed by atoms with Crippen LogP contribution in [0.15, 0.2) is 22.7 Å². The first kappa shape index (κ1) is 16.8. The van der Waals surface area contributed by atoms with Gasteiger partial charge in [0.15, 0.2) is 0 Å². The molecule has 5 heteroatoms. The molecule has 0 aliphatic carbocycles. The lowest BCUT2D eigenvalue weighted by Gasteiger charge is -2.10. The summed E-state index contributed by atoms with van der Waals surface area (Å²) in [7, 11) is 0. The first-order valence-electron chi connectivity index (χ1n) is 7.44. The molecule has 1 aromatic heterocycles. The fourth-order valence-electron chi connectivity index (χ4n) is 2.37. The highest BCUT2D eigenvalue weighted by Crippen LogP contribution is 2.22. The highest BCUT2D eigenvalue weighted by molar-refractivity contribution is 9.10. The molecule has 0 unspecified atom stereocenters. The Kier molecular flexibility index (Phi) is 6.52. The van der Waals surface area contributed by atoms with E-state index in [1.807, 2.05) is 0 Å². The zero-order valence-electron chi connectivity index (χ0n) is 12.6. The Bertz CT molecular complexity index is 583. The summed E-state index contributed by atoms with van der Waals surface area (Å²) in [6, 6.07) is 6.24. The first-order valence-corrected chi connectivity index (χ1v) is 8.77. The van der Waals surface area contributed by atoms with Crippen LogP contribution >= 0.6 is 27.5 Å². The van der Waals surface area contributed by atoms with Crippen LogP contribution in [0.2, 0.25) is 0 Å². The molecule has 0 aliphatic heterocycles. The van der Waals surface area contributed by atoms with Crippen molar-refractivity contribution in [2.45, 2.75) is 45.8 Å². The van der Waals surface area contributed by atoms with Crippen LogP contribution in [-0.2, 0) is 17.7 Å². The number of benzene rings is 1. The number of hydrogen-bond acceptors (Lipinski definition) is 2. The topological polar surface area (TPSA) is 27.1 Å². The van der Waals surface area contributed by atoms with Crippen molar-refractivity contribution >= 4 is 38.6 Å². The van der Waals surface area contributed by atoms with Gasteiger partial charge in [0.25, 0.3) is 0 Å². The second kappa shape index (κ2) is 8.16. The summed E-state index contributed by atoms with van der Waals surface area (Å²) in [5.41, 5.74) is 2.21. The van der Waals surface area contributed by atoms with Crippen LogP contribution in [0.1, 0.15) is 32.5 Å². The normalized spacial score (nSPS) is 11.7. The van der Waals surface area contributed by atoms with Crippen molar-refractivity contribution in [1.82, 2.24) is 9.55 Å². The molecule has 1 heterocycles. The molecule has 0 atom stereocenters. The molecule has 21 heavy (non-hydrogen) atoms. The van der Waals surface area contributed by atoms with Crippen molar-refractivity contribution in [3.05, 3.63) is 28.5 Å². The van der Waals surface area contributed by atoms with Gasteiger partial charge in [-0.15, -0.1) is 11.6 Å². The maximum absolute atomic E-state index is 5.90. The van der Waals surface area contributed by atoms with E-state index in [2.05, 4.69) is 52.5 Å². The van der Waals surface area contributed by atoms with E-state index in [0.29, 0.717) is 12.0 Å². The Labute approximate surface area is 139 Å². The maximum atomic E-state index is 5.90. The third-order valence-electron chi connectivity index (χ3n) is 3.33. The summed E-state index contributed by atoms with van der Waals surface area (Å²) in [6.45, 7) is 5.92. The molecule has 2 aromatic rings. The molecule has 0 saturated carbocycles. The maximum Gasteiger partial charge on any atom is 0.111 e. The van der Waals surface area contributed by atoms with E-state index in [4.69, 9.17) is 21.3 Å². The van der Waals surface area contributed by atoms with Crippen molar-refractivity contribution < 1.29 is 4.74 Å². The molecular weight excluding hydrogens is 352 g/mol. The molecule has 0 fully saturated rings. The van der Waals surface area contributed by atoms with Gasteiger partial charge in [-0.05, 0) is 44.9 Å². The van der Waals surface area contributed by atoms with E-state index >= 15 is 0 Å². The predicted octanol–water partition coefficient (Wildman–Crippen LogP) is 4.79. The van der Waals surface area contributed by atoms with Crippen LogP contribution in [0.5, 0.6) is 0 Å². The lowest BCUT2D eigenvalue weighted by atomic mass is 10.3. The van der Waals surface area contributed by atoms with Crippen LogP contribution in [0.25, 0.3) is 11.0 Å². The number of nitrogens with zero attached hydrogens (tertiary/aromatic N) is 2. The highest BCUT2D eigenvalue weighted by Gasteiger charge is 2.10. The third-order valence-corrected chi connectivity index (χ3v) is 4.02. The summed E-state index contributed by atoms with van der Waals surface area (Å²) >= 11 is 9.40. The summed E-state index contributed by atoms with van der Waals surface area (Å²) in [4.78, 5) is 4.71. The second-order valence-corrected chi connectivity index (χ2v) is 6.67. The molecule has 1 aromatic carbocycles. The Hall–Kier alpha value is -0.580. The molecule has 0 N–H and O–H groups in total. The zero-order valence-corrected chi connectivity index (χ0v) is 15.0. The number of imidazole rings is 1. The lowest BCUT2D eigenvalue weighted by Crippen LogP contribution is -2.08. The highest BCUT2D eigenvalue weighted by atomic mass is 79.9. The van der Waals surface area contributed by atoms with Crippen LogP contribution in [0.3, 0.4) is 0 Å². The number of fused-ring (bicyclic) bond motifs is 1. The van der Waals surface area contributed by atoms with Gasteiger partial charge in [0.2, 0.25) is 0 Å². The summed E-state index contributed by atoms with van der Waals surface area (Å²) in [6.07, 6.45) is 3.26. The molecule has 0 saturated heterocycles. The SMILES string of the molecule is CC(C)OCCCCn1c(CCCl)nc2cc(Br)ccc21. The fraction of sp³-hybridized carbons (Fsp3) is 0.562. The average molecular weight is 374 g/mol. The molecule has 0 spiro atoms. The molecular formula is C16H22BrClN2O. The zero-order chi connectivity index (χ0) is 15.2. The average Bonchev–Trinajstić information content (AvgIpc) is 2.75. The molecule has 116 valence electrons. The number of ether oxygens (including phenoxy) is 1. The van der Waals surface area contributed by atoms with Gasteiger partial charge in [-0.2, -0.15) is 0 Å². The van der Waals surface area contributed by atoms with Gasteiger partial charge < -0.3 is 9.30 Å². The van der Waals surface area contributed by atoms with Crippen LogP contribution in [0.4, 0.5) is 0 Å². The molecule has 0 aliphatic rings. The Morgan fingerprint density at radius 1 is 1.33 bits per heavy atom. The lowest BCUT2D eigenvalue weighted by molar-refractivity contribution is 0.0754. The van der Waals surface area contributed by atoms with Crippen molar-refractivity contribution in [2.24, 2.45) is 0 Å². The molecule has 0 bridgehead atoms. The van der Waals surface area contributed by atoms with Crippen LogP contribution in [0, 0.1) is 0 Å².